The molecule has 0 radical (unpaired) electrons. The molecule has 1 rings (SSSR count). The van der Waals surface area contributed by atoms with E-state index in [2.05, 4.69) is 59.8 Å². The van der Waals surface area contributed by atoms with E-state index in [1.54, 1.807) is 0 Å². The molecule has 0 aliphatic heterocycles. The largest absolute Gasteiger partial charge is 0.469 e. The number of hydrogen-bond acceptors (Lipinski definition) is 4. The average Bonchev–Trinajstić information content (AvgIpc) is 2.82. The van der Waals surface area contributed by atoms with Gasteiger partial charge in [-0.25, -0.2) is 0 Å². The summed E-state index contributed by atoms with van der Waals surface area (Å²) in [6.07, 6.45) is 16.3. The summed E-state index contributed by atoms with van der Waals surface area (Å²) in [5, 5.41) is 10.4. The Hall–Kier alpha value is -1.39. The van der Waals surface area contributed by atoms with Crippen LogP contribution in [0.15, 0.2) is 34.9 Å². The van der Waals surface area contributed by atoms with Gasteiger partial charge >= 0.3 is 5.97 Å². The Morgan fingerprint density at radius 1 is 1.03 bits per heavy atom. The van der Waals surface area contributed by atoms with E-state index in [1.807, 2.05) is 6.92 Å². The number of rotatable bonds is 16. The third-order valence-electron chi connectivity index (χ3n) is 7.86. The van der Waals surface area contributed by atoms with Crippen LogP contribution in [-0.2, 0) is 14.3 Å². The number of esters is 1. The molecule has 0 amide bonds. The van der Waals surface area contributed by atoms with E-state index in [9.17, 15) is 9.90 Å². The van der Waals surface area contributed by atoms with E-state index in [0.29, 0.717) is 11.8 Å². The molecule has 1 aliphatic rings. The lowest BCUT2D eigenvalue weighted by molar-refractivity contribution is -0.145. The fraction of sp³-hybridized carbons (Fsp3) is 0.774. The topological polar surface area (TPSA) is 55.8 Å². The first-order valence-corrected chi connectivity index (χ1v) is 14.0. The number of carbonyl (C=O) groups is 1. The lowest BCUT2D eigenvalue weighted by Gasteiger charge is -2.37. The molecule has 0 spiro atoms. The summed E-state index contributed by atoms with van der Waals surface area (Å²) in [6, 6.07) is 0. The van der Waals surface area contributed by atoms with Crippen LogP contribution in [0.4, 0.5) is 0 Å². The van der Waals surface area contributed by atoms with Gasteiger partial charge in [-0.15, -0.1) is 0 Å². The number of allylic oxidation sites excluding steroid dienone is 4. The Bertz CT molecular complexity index is 705. The van der Waals surface area contributed by atoms with Crippen molar-refractivity contribution in [2.24, 2.45) is 23.7 Å². The number of aliphatic hydroxyl groups excluding tert-OH is 1. The molecule has 0 saturated heterocycles. The van der Waals surface area contributed by atoms with Crippen LogP contribution in [0.3, 0.4) is 0 Å². The first-order valence-electron chi connectivity index (χ1n) is 14.0. The van der Waals surface area contributed by atoms with E-state index in [4.69, 9.17) is 9.47 Å². The van der Waals surface area contributed by atoms with Gasteiger partial charge in [-0.2, -0.15) is 0 Å². The molecule has 1 N–H and O–H groups in total. The zero-order chi connectivity index (χ0) is 26.4. The Morgan fingerprint density at radius 3 is 2.20 bits per heavy atom. The second kappa shape index (κ2) is 17.1. The number of ether oxygens (including phenoxy) is 2. The highest BCUT2D eigenvalue weighted by molar-refractivity contribution is 5.71. The smallest absolute Gasteiger partial charge is 0.308 e. The second-order valence-corrected chi connectivity index (χ2v) is 11.0. The van der Waals surface area contributed by atoms with Crippen LogP contribution in [-0.4, -0.2) is 37.0 Å². The van der Waals surface area contributed by atoms with Crippen LogP contribution in [0.1, 0.15) is 106 Å². The van der Waals surface area contributed by atoms with E-state index >= 15 is 0 Å². The van der Waals surface area contributed by atoms with E-state index < -0.39 is 0 Å². The fourth-order valence-corrected chi connectivity index (χ4v) is 4.97. The van der Waals surface area contributed by atoms with Gasteiger partial charge in [0.15, 0.2) is 0 Å². The Kier molecular flexibility index (Phi) is 15.5. The maximum Gasteiger partial charge on any atom is 0.308 e. The molecule has 0 heterocycles. The van der Waals surface area contributed by atoms with Crippen molar-refractivity contribution in [3.8, 4) is 0 Å². The Morgan fingerprint density at radius 2 is 1.63 bits per heavy atom. The Balaban J connectivity index is 2.32. The molecule has 6 atom stereocenters. The summed E-state index contributed by atoms with van der Waals surface area (Å²) < 4.78 is 10.9. The molecule has 0 aromatic rings. The van der Waals surface area contributed by atoms with Crippen LogP contribution in [0.2, 0.25) is 0 Å². The minimum atomic E-state index is -0.348. The molecule has 0 aromatic carbocycles. The SMILES string of the molecule is CCOC1C(CCC(C)CC/C=C(\C)CCC/C(C)=C/CCC(C)C(=O)OC)=CC(O)C(C)C1C. The summed E-state index contributed by atoms with van der Waals surface area (Å²) >= 11 is 0. The van der Waals surface area contributed by atoms with Crippen molar-refractivity contribution < 1.29 is 19.4 Å². The molecule has 0 saturated carbocycles. The number of carbonyl (C=O) groups excluding carboxylic acids is 1. The van der Waals surface area contributed by atoms with Crippen molar-refractivity contribution in [3.63, 3.8) is 0 Å². The minimum absolute atomic E-state index is 0.0269. The van der Waals surface area contributed by atoms with Crippen LogP contribution >= 0.6 is 0 Å². The van der Waals surface area contributed by atoms with Crippen molar-refractivity contribution in [1.29, 1.82) is 0 Å². The van der Waals surface area contributed by atoms with E-state index in [1.165, 1.54) is 36.7 Å². The third-order valence-corrected chi connectivity index (χ3v) is 7.86. The summed E-state index contributed by atoms with van der Waals surface area (Å²) in [6.45, 7) is 15.8. The summed E-state index contributed by atoms with van der Waals surface area (Å²) in [7, 11) is 1.45. The van der Waals surface area contributed by atoms with Crippen LogP contribution in [0.25, 0.3) is 0 Å². The molecular formula is C31H54O4. The first-order chi connectivity index (χ1) is 16.6. The average molecular weight is 491 g/mol. The van der Waals surface area contributed by atoms with Gasteiger partial charge in [0.25, 0.3) is 0 Å². The highest BCUT2D eigenvalue weighted by Gasteiger charge is 2.34. The lowest BCUT2D eigenvalue weighted by atomic mass is 9.76. The van der Waals surface area contributed by atoms with Gasteiger partial charge in [0.05, 0.1) is 25.2 Å². The fourth-order valence-electron chi connectivity index (χ4n) is 4.97. The zero-order valence-electron chi connectivity index (χ0n) is 23.9. The molecule has 35 heavy (non-hydrogen) atoms. The summed E-state index contributed by atoms with van der Waals surface area (Å²) in [5.74, 6) is 1.12. The third kappa shape index (κ3) is 11.9. The standard InChI is InChI=1S/C31H54O4/c1-9-35-30-27(7)26(6)29(32)21-28(30)20-19-24(4)16-11-15-22(2)13-10-14-23(3)17-12-18-25(5)31(33)34-8/h15,17,21,24-27,29-30,32H,9-14,16,18-20H2,1-8H3/b22-15+,23-17+. The van der Waals surface area contributed by atoms with Crippen molar-refractivity contribution in [3.05, 3.63) is 34.9 Å². The van der Waals surface area contributed by atoms with Crippen molar-refractivity contribution in [2.45, 2.75) is 118 Å². The van der Waals surface area contributed by atoms with Gasteiger partial charge in [0, 0.05) is 6.61 Å². The quantitative estimate of drug-likeness (QED) is 0.177. The highest BCUT2D eigenvalue weighted by Crippen LogP contribution is 2.35. The van der Waals surface area contributed by atoms with Gasteiger partial charge in [-0.05, 0) is 102 Å². The summed E-state index contributed by atoms with van der Waals surface area (Å²) in [5.41, 5.74) is 4.20. The van der Waals surface area contributed by atoms with Crippen molar-refractivity contribution in [1.82, 2.24) is 0 Å². The van der Waals surface area contributed by atoms with Gasteiger partial charge in [0.1, 0.15) is 0 Å². The van der Waals surface area contributed by atoms with E-state index in [0.717, 1.165) is 51.6 Å². The molecule has 1 aliphatic carbocycles. The van der Waals surface area contributed by atoms with Crippen LogP contribution < -0.4 is 0 Å². The number of hydrogen-bond donors (Lipinski definition) is 1. The predicted molar refractivity (Wildman–Crippen MR) is 147 cm³/mol. The highest BCUT2D eigenvalue weighted by atomic mass is 16.5. The molecule has 0 aromatic heterocycles. The molecule has 202 valence electrons. The first kappa shape index (κ1) is 31.6. The van der Waals surface area contributed by atoms with Gasteiger partial charge in [0.2, 0.25) is 0 Å². The number of aliphatic hydroxyl groups is 1. The molecule has 0 bridgehead atoms. The van der Waals surface area contributed by atoms with Crippen LogP contribution in [0, 0.1) is 23.7 Å². The lowest BCUT2D eigenvalue weighted by Crippen LogP contribution is -2.39. The molecule has 4 nitrogen and oxygen atoms in total. The normalized spacial score (nSPS) is 25.2. The predicted octanol–water partition coefficient (Wildman–Crippen LogP) is 7.81. The zero-order valence-corrected chi connectivity index (χ0v) is 23.9. The monoisotopic (exact) mass is 490 g/mol. The molecular weight excluding hydrogens is 436 g/mol. The molecule has 0 fully saturated rings. The van der Waals surface area contributed by atoms with Gasteiger partial charge in [-0.3, -0.25) is 4.79 Å². The maximum atomic E-state index is 11.5. The minimum Gasteiger partial charge on any atom is -0.469 e. The van der Waals surface area contributed by atoms with Crippen molar-refractivity contribution >= 4 is 5.97 Å². The van der Waals surface area contributed by atoms with Crippen LogP contribution in [0.5, 0.6) is 0 Å². The molecule has 6 unspecified atom stereocenters. The molecule has 4 heteroatoms. The second-order valence-electron chi connectivity index (χ2n) is 11.0. The van der Waals surface area contributed by atoms with Crippen molar-refractivity contribution in [2.75, 3.05) is 13.7 Å². The maximum absolute atomic E-state index is 11.5. The number of methoxy groups -OCH3 is 1. The summed E-state index contributed by atoms with van der Waals surface area (Å²) in [4.78, 5) is 11.5. The van der Waals surface area contributed by atoms with E-state index in [-0.39, 0.29) is 30.0 Å². The van der Waals surface area contributed by atoms with Gasteiger partial charge in [-0.1, -0.05) is 57.1 Å². The van der Waals surface area contributed by atoms with Gasteiger partial charge < -0.3 is 14.6 Å². The Labute approximate surface area is 216 Å².